The van der Waals surface area contributed by atoms with Crippen LogP contribution in [0.15, 0.2) is 24.3 Å². The zero-order chi connectivity index (χ0) is 14.4. The van der Waals surface area contributed by atoms with E-state index in [1.54, 1.807) is 12.1 Å². The van der Waals surface area contributed by atoms with Crippen LogP contribution in [-0.2, 0) is 6.42 Å². The first-order chi connectivity index (χ1) is 9.70. The lowest BCUT2D eigenvalue weighted by atomic mass is 9.99. The molecular formula is C16H25FN2S. The number of hydrogen-bond acceptors (Lipinski definition) is 3. The Morgan fingerprint density at radius 3 is 2.80 bits per heavy atom. The fourth-order valence-corrected chi connectivity index (χ4v) is 3.99. The summed E-state index contributed by atoms with van der Waals surface area (Å²) in [6, 6.07) is 7.94. The molecule has 2 nitrogen and oxygen atoms in total. The molecule has 1 aliphatic heterocycles. The number of halogens is 1. The Hall–Kier alpha value is -0.580. The Bertz CT molecular complexity index is 396. The highest BCUT2D eigenvalue weighted by Crippen LogP contribution is 2.20. The molecule has 0 amide bonds. The van der Waals surface area contributed by atoms with E-state index in [1.165, 1.54) is 17.1 Å². The average Bonchev–Trinajstić information content (AvgIpc) is 2.46. The number of likely N-dealkylation sites (N-methyl/N-ethyl adjacent to an activating group) is 1. The highest BCUT2D eigenvalue weighted by molar-refractivity contribution is 7.99. The third kappa shape index (κ3) is 4.47. The third-order valence-corrected chi connectivity index (χ3v) is 4.98. The van der Waals surface area contributed by atoms with E-state index in [-0.39, 0.29) is 5.82 Å². The van der Waals surface area contributed by atoms with Crippen LogP contribution in [-0.4, -0.2) is 48.6 Å². The second-order valence-corrected chi connectivity index (χ2v) is 6.66. The first-order valence-electron chi connectivity index (χ1n) is 7.46. The molecule has 20 heavy (non-hydrogen) atoms. The Morgan fingerprint density at radius 2 is 2.15 bits per heavy atom. The summed E-state index contributed by atoms with van der Waals surface area (Å²) in [7, 11) is 2.22. The van der Waals surface area contributed by atoms with Gasteiger partial charge in [0.05, 0.1) is 0 Å². The van der Waals surface area contributed by atoms with Crippen molar-refractivity contribution in [3.8, 4) is 0 Å². The largest absolute Gasteiger partial charge is 0.312 e. The van der Waals surface area contributed by atoms with Gasteiger partial charge >= 0.3 is 0 Å². The SMILES string of the molecule is CCCNC(Cc1ccc(F)cc1)C1CSCCN1C. The highest BCUT2D eigenvalue weighted by atomic mass is 32.2. The van der Waals surface area contributed by atoms with Crippen molar-refractivity contribution in [3.05, 3.63) is 35.6 Å². The minimum Gasteiger partial charge on any atom is -0.312 e. The molecule has 0 aromatic heterocycles. The van der Waals surface area contributed by atoms with Crippen LogP contribution in [0, 0.1) is 5.82 Å². The summed E-state index contributed by atoms with van der Waals surface area (Å²) >= 11 is 2.04. The molecule has 1 saturated heterocycles. The molecule has 1 aliphatic rings. The van der Waals surface area contributed by atoms with Crippen molar-refractivity contribution in [1.29, 1.82) is 0 Å². The minimum atomic E-state index is -0.155. The monoisotopic (exact) mass is 296 g/mol. The molecule has 1 heterocycles. The van der Waals surface area contributed by atoms with Gasteiger partial charge in [-0.1, -0.05) is 19.1 Å². The van der Waals surface area contributed by atoms with E-state index >= 15 is 0 Å². The second-order valence-electron chi connectivity index (χ2n) is 5.51. The van der Waals surface area contributed by atoms with Gasteiger partial charge in [0.1, 0.15) is 5.82 Å². The highest BCUT2D eigenvalue weighted by Gasteiger charge is 2.27. The summed E-state index contributed by atoms with van der Waals surface area (Å²) < 4.78 is 13.0. The molecule has 0 aliphatic carbocycles. The smallest absolute Gasteiger partial charge is 0.123 e. The van der Waals surface area contributed by atoms with Crippen LogP contribution < -0.4 is 5.32 Å². The molecule has 1 aromatic carbocycles. The molecule has 1 N–H and O–H groups in total. The van der Waals surface area contributed by atoms with Crippen molar-refractivity contribution in [1.82, 2.24) is 10.2 Å². The van der Waals surface area contributed by atoms with Crippen molar-refractivity contribution in [3.63, 3.8) is 0 Å². The van der Waals surface area contributed by atoms with E-state index in [1.807, 2.05) is 23.9 Å². The topological polar surface area (TPSA) is 15.3 Å². The van der Waals surface area contributed by atoms with Crippen molar-refractivity contribution in [2.75, 3.05) is 31.6 Å². The molecule has 1 fully saturated rings. The summed E-state index contributed by atoms with van der Waals surface area (Å²) in [6.45, 7) is 4.39. The molecular weight excluding hydrogens is 271 g/mol. The number of benzene rings is 1. The van der Waals surface area contributed by atoms with Crippen LogP contribution in [0.2, 0.25) is 0 Å². The van der Waals surface area contributed by atoms with Crippen molar-refractivity contribution < 1.29 is 4.39 Å². The Kier molecular flexibility index (Phi) is 6.33. The zero-order valence-corrected chi connectivity index (χ0v) is 13.3. The maximum Gasteiger partial charge on any atom is 0.123 e. The number of hydrogen-bond donors (Lipinski definition) is 1. The quantitative estimate of drug-likeness (QED) is 0.869. The fourth-order valence-electron chi connectivity index (χ4n) is 2.68. The van der Waals surface area contributed by atoms with E-state index in [2.05, 4.69) is 24.2 Å². The second kappa shape index (κ2) is 8.01. The van der Waals surface area contributed by atoms with Crippen LogP contribution in [0.25, 0.3) is 0 Å². The molecule has 0 saturated carbocycles. The summed E-state index contributed by atoms with van der Waals surface area (Å²) in [5.74, 6) is 2.25. The van der Waals surface area contributed by atoms with Crippen molar-refractivity contribution in [2.24, 2.45) is 0 Å². The van der Waals surface area contributed by atoms with Gasteiger partial charge in [0, 0.05) is 30.1 Å². The standard InChI is InChI=1S/C16H25FN2S/c1-3-8-18-15(16-12-20-10-9-19(16)2)11-13-4-6-14(17)7-5-13/h4-7,15-16,18H,3,8-12H2,1-2H3. The van der Waals surface area contributed by atoms with Gasteiger partial charge < -0.3 is 10.2 Å². The zero-order valence-electron chi connectivity index (χ0n) is 12.4. The number of nitrogens with one attached hydrogen (secondary N) is 1. The maximum atomic E-state index is 13.0. The lowest BCUT2D eigenvalue weighted by Crippen LogP contribution is -2.53. The van der Waals surface area contributed by atoms with E-state index in [0.29, 0.717) is 12.1 Å². The normalized spacial score (nSPS) is 21.9. The minimum absolute atomic E-state index is 0.155. The Balaban J connectivity index is 2.03. The van der Waals surface area contributed by atoms with E-state index in [4.69, 9.17) is 0 Å². The van der Waals surface area contributed by atoms with E-state index in [0.717, 1.165) is 25.9 Å². The first kappa shape index (κ1) is 15.8. The van der Waals surface area contributed by atoms with E-state index < -0.39 is 0 Å². The van der Waals surface area contributed by atoms with Gasteiger partial charge in [0.15, 0.2) is 0 Å². The predicted octanol–water partition coefficient (Wildman–Crippen LogP) is 2.78. The molecule has 2 unspecified atom stereocenters. The number of thioether (sulfide) groups is 1. The molecule has 0 radical (unpaired) electrons. The van der Waals surface area contributed by atoms with Gasteiger partial charge in [0.2, 0.25) is 0 Å². The number of rotatable bonds is 6. The summed E-state index contributed by atoms with van der Waals surface area (Å²) in [5, 5.41) is 3.68. The van der Waals surface area contributed by atoms with Gasteiger partial charge in [-0.05, 0) is 44.1 Å². The first-order valence-corrected chi connectivity index (χ1v) is 8.62. The molecule has 2 atom stereocenters. The van der Waals surface area contributed by atoms with Gasteiger partial charge in [-0.15, -0.1) is 0 Å². The van der Waals surface area contributed by atoms with Crippen molar-refractivity contribution >= 4 is 11.8 Å². The number of nitrogens with zero attached hydrogens (tertiary/aromatic N) is 1. The lowest BCUT2D eigenvalue weighted by molar-refractivity contribution is 0.213. The lowest BCUT2D eigenvalue weighted by Gasteiger charge is -2.38. The third-order valence-electron chi connectivity index (χ3n) is 3.93. The molecule has 4 heteroatoms. The molecule has 2 rings (SSSR count). The van der Waals surface area contributed by atoms with E-state index in [9.17, 15) is 4.39 Å². The van der Waals surface area contributed by atoms with Crippen LogP contribution in [0.3, 0.4) is 0 Å². The molecule has 112 valence electrons. The summed E-state index contributed by atoms with van der Waals surface area (Å²) in [5.41, 5.74) is 1.21. The predicted molar refractivity (Wildman–Crippen MR) is 85.9 cm³/mol. The molecule has 1 aromatic rings. The van der Waals surface area contributed by atoms with Gasteiger partial charge in [-0.3, -0.25) is 0 Å². The van der Waals surface area contributed by atoms with Gasteiger partial charge in [-0.2, -0.15) is 11.8 Å². The van der Waals surface area contributed by atoms with Crippen LogP contribution in [0.1, 0.15) is 18.9 Å². The average molecular weight is 296 g/mol. The molecule has 0 bridgehead atoms. The summed E-state index contributed by atoms with van der Waals surface area (Å²) in [4.78, 5) is 2.47. The van der Waals surface area contributed by atoms with Gasteiger partial charge in [-0.25, -0.2) is 4.39 Å². The molecule has 0 spiro atoms. The van der Waals surface area contributed by atoms with Crippen molar-refractivity contribution in [2.45, 2.75) is 31.8 Å². The Morgan fingerprint density at radius 1 is 1.40 bits per heavy atom. The summed E-state index contributed by atoms with van der Waals surface area (Å²) in [6.07, 6.45) is 2.11. The van der Waals surface area contributed by atoms with Crippen LogP contribution in [0.5, 0.6) is 0 Å². The van der Waals surface area contributed by atoms with Crippen LogP contribution >= 0.6 is 11.8 Å². The van der Waals surface area contributed by atoms with Gasteiger partial charge in [0.25, 0.3) is 0 Å². The fraction of sp³-hybridized carbons (Fsp3) is 0.625. The maximum absolute atomic E-state index is 13.0. The Labute approximate surface area is 126 Å². The van der Waals surface area contributed by atoms with Crippen LogP contribution in [0.4, 0.5) is 4.39 Å².